The second-order valence-corrected chi connectivity index (χ2v) is 7.70. The van der Waals surface area contributed by atoms with Crippen molar-refractivity contribution in [2.45, 2.75) is 26.2 Å². The predicted molar refractivity (Wildman–Crippen MR) is 127 cm³/mol. The Morgan fingerprint density at radius 2 is 2.03 bits per heavy atom. The molecule has 0 atom stereocenters. The molecule has 2 N–H and O–H groups in total. The Bertz CT molecular complexity index is 1300. The standard InChI is InChI=1S/C24H25N7/c1-3-9-25-18(4-2)19-13-16-21(15-27-19)29-30-23(16)20-14-17-22(8-10-26-24(17)28-20)31-11-6-5-7-12-31/h3-4,8-10,13-15H,1,5-7,11-12H2,2H3,(H,26,28)(H,29,30)/b18-4-,25-9?. The van der Waals surface area contributed by atoms with E-state index in [0.717, 1.165) is 57.8 Å². The van der Waals surface area contributed by atoms with E-state index >= 15 is 0 Å². The molecule has 5 rings (SSSR count). The fourth-order valence-electron chi connectivity index (χ4n) is 4.23. The molecule has 0 aliphatic carbocycles. The molecule has 0 aromatic carbocycles. The van der Waals surface area contributed by atoms with Crippen molar-refractivity contribution < 1.29 is 0 Å². The van der Waals surface area contributed by atoms with Gasteiger partial charge < -0.3 is 9.88 Å². The number of piperidine rings is 1. The highest BCUT2D eigenvalue weighted by atomic mass is 15.1. The zero-order valence-electron chi connectivity index (χ0n) is 17.6. The average molecular weight is 412 g/mol. The van der Waals surface area contributed by atoms with Crippen molar-refractivity contribution in [1.29, 1.82) is 0 Å². The number of hydrogen-bond acceptors (Lipinski definition) is 5. The molecule has 1 fully saturated rings. The van der Waals surface area contributed by atoms with Gasteiger partial charge in [0.05, 0.1) is 28.8 Å². The zero-order chi connectivity index (χ0) is 21.2. The van der Waals surface area contributed by atoms with Gasteiger partial charge in [0.15, 0.2) is 0 Å². The number of aromatic amines is 2. The van der Waals surface area contributed by atoms with Crippen molar-refractivity contribution in [3.05, 3.63) is 55.0 Å². The molecule has 0 amide bonds. The summed E-state index contributed by atoms with van der Waals surface area (Å²) >= 11 is 0. The lowest BCUT2D eigenvalue weighted by Gasteiger charge is -2.29. The lowest BCUT2D eigenvalue weighted by molar-refractivity contribution is 0.579. The fraction of sp³-hybridized carbons (Fsp3) is 0.250. The third kappa shape index (κ3) is 3.52. The molecule has 0 unspecified atom stereocenters. The van der Waals surface area contributed by atoms with Gasteiger partial charge in [0, 0.05) is 42.0 Å². The third-order valence-electron chi connectivity index (χ3n) is 5.76. The molecule has 0 radical (unpaired) electrons. The first-order chi connectivity index (χ1) is 15.3. The first kappa shape index (κ1) is 19.2. The van der Waals surface area contributed by atoms with Crippen LogP contribution in [-0.4, -0.2) is 44.5 Å². The van der Waals surface area contributed by atoms with Gasteiger partial charge >= 0.3 is 0 Å². The molecule has 4 aromatic rings. The Balaban J connectivity index is 1.60. The van der Waals surface area contributed by atoms with Crippen LogP contribution in [0.4, 0.5) is 5.69 Å². The van der Waals surface area contributed by atoms with Crippen LogP contribution in [0.5, 0.6) is 0 Å². The minimum Gasteiger partial charge on any atom is -0.371 e. The summed E-state index contributed by atoms with van der Waals surface area (Å²) in [4.78, 5) is 19.5. The van der Waals surface area contributed by atoms with Crippen LogP contribution in [0.1, 0.15) is 31.9 Å². The average Bonchev–Trinajstić information content (AvgIpc) is 3.43. The molecule has 5 heterocycles. The van der Waals surface area contributed by atoms with Gasteiger partial charge in [-0.25, -0.2) is 4.98 Å². The number of fused-ring (bicyclic) bond motifs is 2. The molecule has 1 saturated heterocycles. The Morgan fingerprint density at radius 3 is 2.84 bits per heavy atom. The van der Waals surface area contributed by atoms with Crippen molar-refractivity contribution in [3.8, 4) is 11.4 Å². The van der Waals surface area contributed by atoms with E-state index in [2.05, 4.69) is 53.8 Å². The number of anilines is 1. The van der Waals surface area contributed by atoms with E-state index in [1.165, 1.54) is 24.9 Å². The van der Waals surface area contributed by atoms with Gasteiger partial charge in [-0.3, -0.25) is 15.1 Å². The topological polar surface area (TPSA) is 85.9 Å². The SMILES string of the molecule is C=CC=N/C(=C\C)c1cc2c(-c3cc4c(N5CCCCC5)ccnc4[nH]3)n[nH]c2cn1. The lowest BCUT2D eigenvalue weighted by atomic mass is 10.1. The highest BCUT2D eigenvalue weighted by molar-refractivity contribution is 5.99. The van der Waals surface area contributed by atoms with Gasteiger partial charge in [0.25, 0.3) is 0 Å². The second kappa shape index (κ2) is 8.18. The van der Waals surface area contributed by atoms with E-state index < -0.39 is 0 Å². The van der Waals surface area contributed by atoms with Crippen LogP contribution in [0.15, 0.2) is 54.3 Å². The second-order valence-electron chi connectivity index (χ2n) is 7.70. The van der Waals surface area contributed by atoms with Crippen LogP contribution < -0.4 is 4.90 Å². The molecular formula is C24H25N7. The molecule has 0 saturated carbocycles. The Hall–Kier alpha value is -3.74. The Morgan fingerprint density at radius 1 is 1.16 bits per heavy atom. The fourth-order valence-corrected chi connectivity index (χ4v) is 4.23. The smallest absolute Gasteiger partial charge is 0.139 e. The Labute approximate surface area is 180 Å². The highest BCUT2D eigenvalue weighted by Gasteiger charge is 2.18. The van der Waals surface area contributed by atoms with Crippen molar-refractivity contribution in [1.82, 2.24) is 25.1 Å². The van der Waals surface area contributed by atoms with Crippen LogP contribution in [0.3, 0.4) is 0 Å². The summed E-state index contributed by atoms with van der Waals surface area (Å²) in [6, 6.07) is 6.30. The molecule has 7 nitrogen and oxygen atoms in total. The van der Waals surface area contributed by atoms with E-state index in [1.807, 2.05) is 25.3 Å². The van der Waals surface area contributed by atoms with E-state index in [0.29, 0.717) is 0 Å². The number of H-pyrrole nitrogens is 2. The van der Waals surface area contributed by atoms with Crippen molar-refractivity contribution >= 4 is 39.5 Å². The number of allylic oxidation sites excluding steroid dienone is 2. The minimum atomic E-state index is 0.791. The van der Waals surface area contributed by atoms with Crippen molar-refractivity contribution in [3.63, 3.8) is 0 Å². The van der Waals surface area contributed by atoms with E-state index in [4.69, 9.17) is 0 Å². The maximum absolute atomic E-state index is 4.58. The summed E-state index contributed by atoms with van der Waals surface area (Å²) < 4.78 is 0. The number of nitrogens with one attached hydrogen (secondary N) is 2. The number of pyridine rings is 2. The zero-order valence-corrected chi connectivity index (χ0v) is 17.6. The Kier molecular flexibility index (Phi) is 5.08. The monoisotopic (exact) mass is 411 g/mol. The summed E-state index contributed by atoms with van der Waals surface area (Å²) in [7, 11) is 0. The molecule has 1 aliphatic heterocycles. The van der Waals surface area contributed by atoms with Crippen LogP contribution in [-0.2, 0) is 0 Å². The molecule has 1 aliphatic rings. The van der Waals surface area contributed by atoms with Gasteiger partial charge in [0.2, 0.25) is 0 Å². The molecular weight excluding hydrogens is 386 g/mol. The number of hydrogen-bond donors (Lipinski definition) is 2. The van der Waals surface area contributed by atoms with Gasteiger partial charge in [-0.2, -0.15) is 5.10 Å². The molecule has 31 heavy (non-hydrogen) atoms. The summed E-state index contributed by atoms with van der Waals surface area (Å²) in [6.07, 6.45) is 12.7. The number of rotatable bonds is 5. The van der Waals surface area contributed by atoms with Crippen molar-refractivity contribution in [2.75, 3.05) is 18.0 Å². The maximum atomic E-state index is 4.58. The number of aromatic nitrogens is 5. The predicted octanol–water partition coefficient (Wildman–Crippen LogP) is 5.11. The van der Waals surface area contributed by atoms with Gasteiger partial charge in [-0.1, -0.05) is 18.7 Å². The van der Waals surface area contributed by atoms with E-state index in [1.54, 1.807) is 18.5 Å². The van der Waals surface area contributed by atoms with Gasteiger partial charge in [-0.05, 0) is 44.4 Å². The maximum Gasteiger partial charge on any atom is 0.139 e. The summed E-state index contributed by atoms with van der Waals surface area (Å²) in [6.45, 7) is 7.83. The quantitative estimate of drug-likeness (QED) is 0.447. The van der Waals surface area contributed by atoms with Crippen LogP contribution >= 0.6 is 0 Å². The number of aliphatic imine (C=N–C) groups is 1. The van der Waals surface area contributed by atoms with Crippen LogP contribution in [0.2, 0.25) is 0 Å². The largest absolute Gasteiger partial charge is 0.371 e. The van der Waals surface area contributed by atoms with Crippen LogP contribution in [0.25, 0.3) is 39.0 Å². The number of nitrogens with zero attached hydrogens (tertiary/aromatic N) is 5. The van der Waals surface area contributed by atoms with Gasteiger partial charge in [0.1, 0.15) is 11.3 Å². The van der Waals surface area contributed by atoms with Crippen molar-refractivity contribution in [2.24, 2.45) is 4.99 Å². The lowest BCUT2D eigenvalue weighted by Crippen LogP contribution is -2.29. The van der Waals surface area contributed by atoms with Gasteiger partial charge in [-0.15, -0.1) is 0 Å². The highest BCUT2D eigenvalue weighted by Crippen LogP contribution is 2.34. The molecule has 7 heteroatoms. The first-order valence-corrected chi connectivity index (χ1v) is 10.7. The minimum absolute atomic E-state index is 0.791. The summed E-state index contributed by atoms with van der Waals surface area (Å²) in [5.74, 6) is 0. The van der Waals surface area contributed by atoms with Crippen LogP contribution in [0, 0.1) is 0 Å². The normalized spacial score (nSPS) is 15.4. The molecule has 0 spiro atoms. The third-order valence-corrected chi connectivity index (χ3v) is 5.76. The first-order valence-electron chi connectivity index (χ1n) is 10.7. The summed E-state index contributed by atoms with van der Waals surface area (Å²) in [5.41, 5.74) is 6.37. The van der Waals surface area contributed by atoms with E-state index in [-0.39, 0.29) is 0 Å². The molecule has 0 bridgehead atoms. The van der Waals surface area contributed by atoms with E-state index in [9.17, 15) is 0 Å². The summed E-state index contributed by atoms with van der Waals surface area (Å²) in [5, 5.41) is 9.80. The molecule has 156 valence electrons. The molecule has 4 aromatic heterocycles.